The molecule has 2 rings (SSSR count). The number of amides is 1. The molecule has 0 atom stereocenters. The summed E-state index contributed by atoms with van der Waals surface area (Å²) in [6.45, 7) is 0. The number of thiophene rings is 1. The van der Waals surface area contributed by atoms with Gasteiger partial charge in [-0.15, -0.1) is 0 Å². The van der Waals surface area contributed by atoms with E-state index in [4.69, 9.17) is 5.11 Å². The van der Waals surface area contributed by atoms with Gasteiger partial charge in [0.2, 0.25) is 0 Å². The van der Waals surface area contributed by atoms with Crippen LogP contribution in [0.25, 0.3) is 0 Å². The zero-order chi connectivity index (χ0) is 13.1. The molecule has 0 radical (unpaired) electrons. The molecule has 2 aromatic rings. The van der Waals surface area contributed by atoms with Crippen LogP contribution in [-0.4, -0.2) is 17.0 Å². The SMILES string of the molecule is O=C(Nc1c(Br)cccc1C(=O)O)c1ccsc1. The Labute approximate surface area is 115 Å². The molecule has 2 N–H and O–H groups in total. The quantitative estimate of drug-likeness (QED) is 0.908. The number of nitrogens with one attached hydrogen (secondary N) is 1. The first kappa shape index (κ1) is 12.8. The predicted octanol–water partition coefficient (Wildman–Crippen LogP) is 3.46. The van der Waals surface area contributed by atoms with Gasteiger partial charge in [0.15, 0.2) is 0 Å². The van der Waals surface area contributed by atoms with Crippen molar-refractivity contribution in [3.63, 3.8) is 0 Å². The van der Waals surface area contributed by atoms with E-state index in [2.05, 4.69) is 21.2 Å². The third-order valence-corrected chi connectivity index (χ3v) is 3.61. The van der Waals surface area contributed by atoms with Gasteiger partial charge in [0, 0.05) is 9.85 Å². The Balaban J connectivity index is 2.34. The predicted molar refractivity (Wildman–Crippen MR) is 73.4 cm³/mol. The van der Waals surface area contributed by atoms with Crippen LogP contribution in [0.3, 0.4) is 0 Å². The number of carbonyl (C=O) groups is 2. The monoisotopic (exact) mass is 325 g/mol. The van der Waals surface area contributed by atoms with E-state index in [1.807, 2.05) is 0 Å². The maximum absolute atomic E-state index is 11.9. The summed E-state index contributed by atoms with van der Waals surface area (Å²) >= 11 is 4.64. The van der Waals surface area contributed by atoms with Crippen LogP contribution in [0.5, 0.6) is 0 Å². The van der Waals surface area contributed by atoms with Gasteiger partial charge in [-0.2, -0.15) is 11.3 Å². The molecule has 0 fully saturated rings. The smallest absolute Gasteiger partial charge is 0.337 e. The number of aromatic carboxylic acids is 1. The summed E-state index contributed by atoms with van der Waals surface area (Å²) in [5.41, 5.74) is 0.821. The highest BCUT2D eigenvalue weighted by atomic mass is 79.9. The molecule has 1 aromatic heterocycles. The van der Waals surface area contributed by atoms with E-state index < -0.39 is 5.97 Å². The van der Waals surface area contributed by atoms with Crippen molar-refractivity contribution < 1.29 is 14.7 Å². The van der Waals surface area contributed by atoms with Gasteiger partial charge in [-0.05, 0) is 39.5 Å². The van der Waals surface area contributed by atoms with E-state index in [0.29, 0.717) is 10.0 Å². The molecule has 1 amide bonds. The summed E-state index contributed by atoms with van der Waals surface area (Å²) in [5.74, 6) is -1.41. The van der Waals surface area contributed by atoms with E-state index in [-0.39, 0.29) is 17.2 Å². The van der Waals surface area contributed by atoms with Crippen LogP contribution >= 0.6 is 27.3 Å². The number of para-hydroxylation sites is 1. The fourth-order valence-corrected chi connectivity index (χ4v) is 2.51. The zero-order valence-electron chi connectivity index (χ0n) is 9.01. The Morgan fingerprint density at radius 1 is 1.28 bits per heavy atom. The summed E-state index contributed by atoms with van der Waals surface area (Å²) < 4.78 is 0.533. The molecule has 0 unspecified atom stereocenters. The Kier molecular flexibility index (Phi) is 3.78. The number of carbonyl (C=O) groups excluding carboxylic acids is 1. The van der Waals surface area contributed by atoms with Gasteiger partial charge in [0.05, 0.1) is 16.8 Å². The van der Waals surface area contributed by atoms with Crippen LogP contribution in [0.4, 0.5) is 5.69 Å². The second kappa shape index (κ2) is 5.32. The lowest BCUT2D eigenvalue weighted by Gasteiger charge is -2.09. The summed E-state index contributed by atoms with van der Waals surface area (Å²) in [6, 6.07) is 6.40. The van der Waals surface area contributed by atoms with Gasteiger partial charge in [0.25, 0.3) is 5.91 Å². The summed E-state index contributed by atoms with van der Waals surface area (Å²) in [5, 5.41) is 15.2. The number of hydrogen-bond donors (Lipinski definition) is 2. The molecule has 1 aromatic carbocycles. The van der Waals surface area contributed by atoms with E-state index >= 15 is 0 Å². The Hall–Kier alpha value is -1.66. The van der Waals surface area contributed by atoms with E-state index in [9.17, 15) is 9.59 Å². The fraction of sp³-hybridized carbons (Fsp3) is 0. The van der Waals surface area contributed by atoms with Crippen LogP contribution in [-0.2, 0) is 0 Å². The Bertz CT molecular complexity index is 595. The largest absolute Gasteiger partial charge is 0.478 e. The highest BCUT2D eigenvalue weighted by molar-refractivity contribution is 9.10. The first-order chi connectivity index (χ1) is 8.59. The number of benzene rings is 1. The third kappa shape index (κ3) is 2.60. The van der Waals surface area contributed by atoms with Gasteiger partial charge >= 0.3 is 5.97 Å². The van der Waals surface area contributed by atoms with Crippen molar-refractivity contribution in [1.29, 1.82) is 0 Å². The summed E-state index contributed by atoms with van der Waals surface area (Å²) in [6.07, 6.45) is 0. The molecule has 0 aliphatic rings. The van der Waals surface area contributed by atoms with Crippen molar-refractivity contribution in [2.75, 3.05) is 5.32 Å². The number of hydrogen-bond acceptors (Lipinski definition) is 3. The van der Waals surface area contributed by atoms with E-state index in [0.717, 1.165) is 0 Å². The second-order valence-corrected chi connectivity index (χ2v) is 5.07. The van der Waals surface area contributed by atoms with Crippen molar-refractivity contribution in [3.8, 4) is 0 Å². The third-order valence-electron chi connectivity index (χ3n) is 2.27. The number of halogens is 1. The molecule has 0 saturated carbocycles. The average Bonchev–Trinajstić information content (AvgIpc) is 2.85. The van der Waals surface area contributed by atoms with E-state index in [1.165, 1.54) is 17.4 Å². The normalized spacial score (nSPS) is 10.1. The van der Waals surface area contributed by atoms with Crippen LogP contribution < -0.4 is 5.32 Å². The number of carboxylic acid groups (broad SMARTS) is 1. The van der Waals surface area contributed by atoms with Gasteiger partial charge in [-0.3, -0.25) is 4.79 Å². The van der Waals surface area contributed by atoms with Crippen molar-refractivity contribution in [2.45, 2.75) is 0 Å². The van der Waals surface area contributed by atoms with Crippen LogP contribution in [0.15, 0.2) is 39.5 Å². The molecule has 18 heavy (non-hydrogen) atoms. The minimum absolute atomic E-state index is 0.0490. The van der Waals surface area contributed by atoms with Gasteiger partial charge in [0.1, 0.15) is 0 Å². The average molecular weight is 326 g/mol. The summed E-state index contributed by atoms with van der Waals surface area (Å²) in [7, 11) is 0. The Morgan fingerprint density at radius 3 is 2.67 bits per heavy atom. The Morgan fingerprint density at radius 2 is 2.06 bits per heavy atom. The topological polar surface area (TPSA) is 66.4 Å². The van der Waals surface area contributed by atoms with Crippen molar-refractivity contribution in [1.82, 2.24) is 0 Å². The molecule has 0 aliphatic carbocycles. The highest BCUT2D eigenvalue weighted by Crippen LogP contribution is 2.27. The first-order valence-electron chi connectivity index (χ1n) is 4.95. The second-order valence-electron chi connectivity index (χ2n) is 3.43. The first-order valence-corrected chi connectivity index (χ1v) is 6.68. The van der Waals surface area contributed by atoms with Gasteiger partial charge < -0.3 is 10.4 Å². The minimum atomic E-state index is -1.09. The van der Waals surface area contributed by atoms with E-state index in [1.54, 1.807) is 29.0 Å². The fourth-order valence-electron chi connectivity index (χ4n) is 1.41. The number of rotatable bonds is 3. The van der Waals surface area contributed by atoms with Crippen LogP contribution in [0.1, 0.15) is 20.7 Å². The van der Waals surface area contributed by atoms with Crippen molar-refractivity contribution in [3.05, 3.63) is 50.6 Å². The maximum Gasteiger partial charge on any atom is 0.337 e. The molecule has 92 valence electrons. The molecule has 0 aliphatic heterocycles. The molecule has 0 spiro atoms. The maximum atomic E-state index is 11.9. The number of anilines is 1. The highest BCUT2D eigenvalue weighted by Gasteiger charge is 2.16. The summed E-state index contributed by atoms with van der Waals surface area (Å²) in [4.78, 5) is 23.0. The lowest BCUT2D eigenvalue weighted by Crippen LogP contribution is -2.14. The lowest BCUT2D eigenvalue weighted by molar-refractivity contribution is 0.0698. The lowest BCUT2D eigenvalue weighted by atomic mass is 10.1. The van der Waals surface area contributed by atoms with Crippen molar-refractivity contribution >= 4 is 44.8 Å². The number of carboxylic acids is 1. The molecule has 6 heteroatoms. The standard InChI is InChI=1S/C12H8BrNO3S/c13-9-3-1-2-8(12(16)17)10(9)14-11(15)7-4-5-18-6-7/h1-6H,(H,14,15)(H,16,17). The molecular weight excluding hydrogens is 318 g/mol. The molecule has 1 heterocycles. The molecular formula is C12H8BrNO3S. The zero-order valence-corrected chi connectivity index (χ0v) is 11.4. The van der Waals surface area contributed by atoms with Crippen LogP contribution in [0.2, 0.25) is 0 Å². The minimum Gasteiger partial charge on any atom is -0.478 e. The van der Waals surface area contributed by atoms with Gasteiger partial charge in [-0.1, -0.05) is 6.07 Å². The molecule has 4 nitrogen and oxygen atoms in total. The molecule has 0 saturated heterocycles. The van der Waals surface area contributed by atoms with Crippen molar-refractivity contribution in [2.24, 2.45) is 0 Å². The van der Waals surface area contributed by atoms with Crippen LogP contribution in [0, 0.1) is 0 Å². The molecule has 0 bridgehead atoms. The van der Waals surface area contributed by atoms with Gasteiger partial charge in [-0.25, -0.2) is 4.79 Å².